The first-order chi connectivity index (χ1) is 7.31. The molecule has 1 atom stereocenters. The fourth-order valence-electron chi connectivity index (χ4n) is 2.80. The van der Waals surface area contributed by atoms with Gasteiger partial charge in [0.25, 0.3) is 0 Å². The summed E-state index contributed by atoms with van der Waals surface area (Å²) in [5, 5.41) is 0. The molecule has 1 unspecified atom stereocenters. The number of rotatable bonds is 4. The Balaban J connectivity index is 2.65. The lowest BCUT2D eigenvalue weighted by Gasteiger charge is -2.46. The molecule has 0 aromatic rings. The maximum Gasteiger partial charge on any atom is 0.0829 e. The minimum Gasteiger partial charge on any atom is -0.377 e. The number of hydrogen-bond donors (Lipinski definition) is 1. The lowest BCUT2D eigenvalue weighted by Crippen LogP contribution is -2.53. The van der Waals surface area contributed by atoms with Gasteiger partial charge in [0.05, 0.1) is 5.60 Å². The van der Waals surface area contributed by atoms with E-state index in [4.69, 9.17) is 10.5 Å². The highest BCUT2D eigenvalue weighted by molar-refractivity contribution is 4.97. The molecular formula is C14H29NO. The molecule has 0 aliphatic heterocycles. The molecule has 0 aromatic carbocycles. The molecule has 1 saturated carbocycles. The first-order valence-corrected chi connectivity index (χ1v) is 6.62. The SMILES string of the molecule is COC1(C(N)CC(C)C)CCC(C)(C)CC1. The van der Waals surface area contributed by atoms with Crippen LogP contribution in [0.25, 0.3) is 0 Å². The minimum absolute atomic E-state index is 0.0558. The molecule has 1 rings (SSSR count). The van der Waals surface area contributed by atoms with Gasteiger partial charge < -0.3 is 10.5 Å². The van der Waals surface area contributed by atoms with Gasteiger partial charge >= 0.3 is 0 Å². The number of hydrogen-bond acceptors (Lipinski definition) is 2. The van der Waals surface area contributed by atoms with E-state index in [9.17, 15) is 0 Å². The zero-order valence-electron chi connectivity index (χ0n) is 11.7. The van der Waals surface area contributed by atoms with Gasteiger partial charge in [-0.1, -0.05) is 27.7 Å². The fourth-order valence-corrected chi connectivity index (χ4v) is 2.80. The van der Waals surface area contributed by atoms with Crippen LogP contribution in [0.5, 0.6) is 0 Å². The predicted molar refractivity (Wildman–Crippen MR) is 69.4 cm³/mol. The van der Waals surface area contributed by atoms with Crippen LogP contribution >= 0.6 is 0 Å². The van der Waals surface area contributed by atoms with E-state index in [-0.39, 0.29) is 11.6 Å². The van der Waals surface area contributed by atoms with Crippen molar-refractivity contribution in [2.45, 2.75) is 71.4 Å². The van der Waals surface area contributed by atoms with E-state index in [1.165, 1.54) is 12.8 Å². The van der Waals surface area contributed by atoms with Crippen molar-refractivity contribution in [3.63, 3.8) is 0 Å². The highest BCUT2D eigenvalue weighted by Crippen LogP contribution is 2.43. The molecule has 0 bridgehead atoms. The third kappa shape index (κ3) is 3.21. The predicted octanol–water partition coefficient (Wildman–Crippen LogP) is 3.35. The van der Waals surface area contributed by atoms with Crippen molar-refractivity contribution in [2.75, 3.05) is 7.11 Å². The van der Waals surface area contributed by atoms with Crippen molar-refractivity contribution < 1.29 is 4.74 Å². The molecule has 0 amide bonds. The Morgan fingerprint density at radius 3 is 2.00 bits per heavy atom. The highest BCUT2D eigenvalue weighted by Gasteiger charge is 2.42. The summed E-state index contributed by atoms with van der Waals surface area (Å²) in [4.78, 5) is 0. The molecule has 1 aliphatic rings. The van der Waals surface area contributed by atoms with Crippen LogP contribution in [0.2, 0.25) is 0 Å². The number of methoxy groups -OCH3 is 1. The van der Waals surface area contributed by atoms with Gasteiger partial charge in [0.2, 0.25) is 0 Å². The third-order valence-corrected chi connectivity index (χ3v) is 4.26. The summed E-state index contributed by atoms with van der Waals surface area (Å²) in [5.41, 5.74) is 6.77. The summed E-state index contributed by atoms with van der Waals surface area (Å²) in [6.07, 6.45) is 5.75. The van der Waals surface area contributed by atoms with Crippen LogP contribution in [0, 0.1) is 11.3 Å². The molecule has 0 spiro atoms. The molecule has 2 N–H and O–H groups in total. The van der Waals surface area contributed by atoms with E-state index in [0.29, 0.717) is 11.3 Å². The van der Waals surface area contributed by atoms with Gasteiger partial charge in [0.1, 0.15) is 0 Å². The van der Waals surface area contributed by atoms with Crippen molar-refractivity contribution >= 4 is 0 Å². The van der Waals surface area contributed by atoms with E-state index in [2.05, 4.69) is 27.7 Å². The Labute approximate surface area is 101 Å². The van der Waals surface area contributed by atoms with Crippen LogP contribution in [0.15, 0.2) is 0 Å². The second-order valence-corrected chi connectivity index (χ2v) is 6.67. The summed E-state index contributed by atoms with van der Waals surface area (Å²) in [5.74, 6) is 0.650. The quantitative estimate of drug-likeness (QED) is 0.799. The summed E-state index contributed by atoms with van der Waals surface area (Å²) in [6, 6.07) is 0.189. The zero-order chi connectivity index (χ0) is 12.4. The van der Waals surface area contributed by atoms with Crippen LogP contribution in [-0.2, 0) is 4.74 Å². The first-order valence-electron chi connectivity index (χ1n) is 6.62. The van der Waals surface area contributed by atoms with E-state index in [1.54, 1.807) is 0 Å². The summed E-state index contributed by atoms with van der Waals surface area (Å²) < 4.78 is 5.81. The molecule has 1 fully saturated rings. The van der Waals surface area contributed by atoms with Gasteiger partial charge in [-0.15, -0.1) is 0 Å². The Hall–Kier alpha value is -0.0800. The summed E-state index contributed by atoms with van der Waals surface area (Å²) in [6.45, 7) is 9.16. The van der Waals surface area contributed by atoms with E-state index >= 15 is 0 Å². The van der Waals surface area contributed by atoms with Crippen LogP contribution in [0.3, 0.4) is 0 Å². The van der Waals surface area contributed by atoms with E-state index in [1.807, 2.05) is 7.11 Å². The fraction of sp³-hybridized carbons (Fsp3) is 1.00. The van der Waals surface area contributed by atoms with E-state index < -0.39 is 0 Å². The van der Waals surface area contributed by atoms with Gasteiger partial charge in [-0.3, -0.25) is 0 Å². The largest absolute Gasteiger partial charge is 0.377 e. The molecule has 2 nitrogen and oxygen atoms in total. The second-order valence-electron chi connectivity index (χ2n) is 6.67. The standard InChI is InChI=1S/C14H29NO/c1-11(2)10-12(15)14(16-5)8-6-13(3,4)7-9-14/h11-12H,6-10,15H2,1-5H3. The molecule has 0 radical (unpaired) electrons. The molecule has 1 aliphatic carbocycles. The average molecular weight is 227 g/mol. The van der Waals surface area contributed by atoms with Crippen molar-refractivity contribution in [1.29, 1.82) is 0 Å². The zero-order valence-corrected chi connectivity index (χ0v) is 11.7. The maximum atomic E-state index is 6.36. The molecule has 0 heterocycles. The molecular weight excluding hydrogens is 198 g/mol. The van der Waals surface area contributed by atoms with Crippen LogP contribution in [-0.4, -0.2) is 18.8 Å². The van der Waals surface area contributed by atoms with Crippen LogP contribution in [0.1, 0.15) is 59.8 Å². The highest BCUT2D eigenvalue weighted by atomic mass is 16.5. The second kappa shape index (κ2) is 5.05. The molecule has 2 heteroatoms. The van der Waals surface area contributed by atoms with E-state index in [0.717, 1.165) is 19.3 Å². The van der Waals surface area contributed by atoms with Gasteiger partial charge in [0.15, 0.2) is 0 Å². The molecule has 0 aromatic heterocycles. The molecule has 16 heavy (non-hydrogen) atoms. The maximum absolute atomic E-state index is 6.36. The van der Waals surface area contributed by atoms with Crippen molar-refractivity contribution in [3.05, 3.63) is 0 Å². The summed E-state index contributed by atoms with van der Waals surface area (Å²) in [7, 11) is 1.83. The smallest absolute Gasteiger partial charge is 0.0829 e. The lowest BCUT2D eigenvalue weighted by atomic mass is 9.67. The van der Waals surface area contributed by atoms with Gasteiger partial charge in [-0.25, -0.2) is 0 Å². The Morgan fingerprint density at radius 1 is 1.12 bits per heavy atom. The number of ether oxygens (including phenoxy) is 1. The Morgan fingerprint density at radius 2 is 1.62 bits per heavy atom. The van der Waals surface area contributed by atoms with Gasteiger partial charge in [-0.2, -0.15) is 0 Å². The van der Waals surface area contributed by atoms with Crippen molar-refractivity contribution in [2.24, 2.45) is 17.1 Å². The Bertz CT molecular complexity index is 213. The minimum atomic E-state index is -0.0558. The monoisotopic (exact) mass is 227 g/mol. The molecule has 96 valence electrons. The lowest BCUT2D eigenvalue weighted by molar-refractivity contribution is -0.0816. The van der Waals surface area contributed by atoms with Gasteiger partial charge in [0, 0.05) is 13.2 Å². The average Bonchev–Trinajstić information content (AvgIpc) is 2.17. The van der Waals surface area contributed by atoms with Gasteiger partial charge in [-0.05, 0) is 43.4 Å². The van der Waals surface area contributed by atoms with Crippen LogP contribution < -0.4 is 5.73 Å². The topological polar surface area (TPSA) is 35.2 Å². The van der Waals surface area contributed by atoms with Crippen LogP contribution in [0.4, 0.5) is 0 Å². The summed E-state index contributed by atoms with van der Waals surface area (Å²) >= 11 is 0. The normalized spacial score (nSPS) is 25.7. The Kier molecular flexibility index (Phi) is 4.42. The molecule has 0 saturated heterocycles. The van der Waals surface area contributed by atoms with Crippen molar-refractivity contribution in [3.8, 4) is 0 Å². The van der Waals surface area contributed by atoms with Crippen molar-refractivity contribution in [1.82, 2.24) is 0 Å². The third-order valence-electron chi connectivity index (χ3n) is 4.26. The number of nitrogens with two attached hydrogens (primary N) is 1. The first kappa shape index (κ1) is 14.0.